The van der Waals surface area contributed by atoms with Gasteiger partial charge in [0.25, 0.3) is 0 Å². The first-order chi connectivity index (χ1) is 8.10. The summed E-state index contributed by atoms with van der Waals surface area (Å²) in [6.45, 7) is 4.07. The number of rotatable bonds is 1. The zero-order valence-corrected chi connectivity index (χ0v) is 9.86. The van der Waals surface area contributed by atoms with Crippen LogP contribution in [0.25, 0.3) is 11.1 Å². The summed E-state index contributed by atoms with van der Waals surface area (Å²) in [6.07, 6.45) is 0. The highest BCUT2D eigenvalue weighted by molar-refractivity contribution is 5.70. The molecule has 0 aromatic heterocycles. The average molecular weight is 223 g/mol. The Bertz CT molecular complexity index is 609. The molecule has 84 valence electrons. The van der Waals surface area contributed by atoms with Crippen LogP contribution in [0.1, 0.15) is 16.7 Å². The third-order valence-electron chi connectivity index (χ3n) is 2.74. The van der Waals surface area contributed by atoms with E-state index >= 15 is 0 Å². The number of hydrogen-bond acceptors (Lipinski definition) is 2. The van der Waals surface area contributed by atoms with Crippen molar-refractivity contribution in [2.45, 2.75) is 13.8 Å². The SMILES string of the molecule is Cc1ccc(-c2cc(O)cc(C#N)c2)c(C)c1. The lowest BCUT2D eigenvalue weighted by Crippen LogP contribution is -1.86. The van der Waals surface area contributed by atoms with Gasteiger partial charge in [-0.3, -0.25) is 0 Å². The molecule has 0 saturated carbocycles. The predicted molar refractivity (Wildman–Crippen MR) is 67.7 cm³/mol. The average Bonchev–Trinajstić information content (AvgIpc) is 2.28. The highest BCUT2D eigenvalue weighted by atomic mass is 16.3. The molecule has 0 heterocycles. The second-order valence-corrected chi connectivity index (χ2v) is 4.20. The molecule has 0 saturated heterocycles. The first-order valence-electron chi connectivity index (χ1n) is 5.42. The van der Waals surface area contributed by atoms with Gasteiger partial charge in [0.1, 0.15) is 5.75 Å². The molecule has 17 heavy (non-hydrogen) atoms. The van der Waals surface area contributed by atoms with E-state index in [2.05, 4.69) is 6.07 Å². The van der Waals surface area contributed by atoms with Crippen molar-refractivity contribution < 1.29 is 5.11 Å². The van der Waals surface area contributed by atoms with Gasteiger partial charge in [0.15, 0.2) is 0 Å². The zero-order valence-electron chi connectivity index (χ0n) is 9.86. The van der Waals surface area contributed by atoms with E-state index in [1.807, 2.05) is 32.0 Å². The molecule has 0 spiro atoms. The molecule has 2 aromatic rings. The van der Waals surface area contributed by atoms with E-state index in [1.54, 1.807) is 12.1 Å². The molecule has 0 atom stereocenters. The molecule has 0 radical (unpaired) electrons. The molecule has 0 aliphatic rings. The second-order valence-electron chi connectivity index (χ2n) is 4.20. The van der Waals surface area contributed by atoms with E-state index in [0.29, 0.717) is 5.56 Å². The van der Waals surface area contributed by atoms with Gasteiger partial charge in [-0.2, -0.15) is 5.26 Å². The van der Waals surface area contributed by atoms with Gasteiger partial charge in [0, 0.05) is 0 Å². The van der Waals surface area contributed by atoms with Crippen molar-refractivity contribution in [2.24, 2.45) is 0 Å². The summed E-state index contributed by atoms with van der Waals surface area (Å²) in [5.41, 5.74) is 4.73. The normalized spacial score (nSPS) is 9.94. The van der Waals surface area contributed by atoms with Crippen molar-refractivity contribution >= 4 is 0 Å². The fourth-order valence-electron chi connectivity index (χ4n) is 1.97. The van der Waals surface area contributed by atoms with Crippen molar-refractivity contribution in [1.29, 1.82) is 5.26 Å². The van der Waals surface area contributed by atoms with Crippen molar-refractivity contribution in [3.63, 3.8) is 0 Å². The second kappa shape index (κ2) is 4.31. The molecule has 0 fully saturated rings. The zero-order chi connectivity index (χ0) is 12.4. The molecule has 2 nitrogen and oxygen atoms in total. The summed E-state index contributed by atoms with van der Waals surface area (Å²) in [6, 6.07) is 13.1. The Morgan fingerprint density at radius 2 is 1.82 bits per heavy atom. The van der Waals surface area contributed by atoms with Crippen LogP contribution in [0.15, 0.2) is 36.4 Å². The van der Waals surface area contributed by atoms with E-state index in [9.17, 15) is 5.11 Å². The summed E-state index contributed by atoms with van der Waals surface area (Å²) >= 11 is 0. The molecule has 2 aromatic carbocycles. The summed E-state index contributed by atoms with van der Waals surface area (Å²) < 4.78 is 0. The number of phenolic OH excluding ortho intramolecular Hbond substituents is 1. The number of aryl methyl sites for hydroxylation is 2. The van der Waals surface area contributed by atoms with Crippen LogP contribution in [0.4, 0.5) is 0 Å². The third-order valence-corrected chi connectivity index (χ3v) is 2.74. The molecule has 0 bridgehead atoms. The van der Waals surface area contributed by atoms with E-state index in [0.717, 1.165) is 16.7 Å². The van der Waals surface area contributed by atoms with E-state index in [1.165, 1.54) is 11.6 Å². The van der Waals surface area contributed by atoms with Crippen molar-refractivity contribution in [2.75, 3.05) is 0 Å². The summed E-state index contributed by atoms with van der Waals surface area (Å²) in [5.74, 6) is 0.124. The molecular weight excluding hydrogens is 210 g/mol. The van der Waals surface area contributed by atoms with E-state index in [-0.39, 0.29) is 5.75 Å². The van der Waals surface area contributed by atoms with Crippen LogP contribution in [0, 0.1) is 25.2 Å². The Morgan fingerprint density at radius 3 is 2.47 bits per heavy atom. The van der Waals surface area contributed by atoms with Gasteiger partial charge in [-0.1, -0.05) is 23.8 Å². The lowest BCUT2D eigenvalue weighted by Gasteiger charge is -2.08. The van der Waals surface area contributed by atoms with Gasteiger partial charge in [-0.25, -0.2) is 0 Å². The quantitative estimate of drug-likeness (QED) is 0.803. The Kier molecular flexibility index (Phi) is 2.84. The monoisotopic (exact) mass is 223 g/mol. The Labute approximate surface area is 101 Å². The molecule has 0 amide bonds. The topological polar surface area (TPSA) is 44.0 Å². The fraction of sp³-hybridized carbons (Fsp3) is 0.133. The minimum atomic E-state index is 0.124. The Hall–Kier alpha value is -2.27. The maximum absolute atomic E-state index is 9.58. The first-order valence-corrected chi connectivity index (χ1v) is 5.42. The van der Waals surface area contributed by atoms with Crippen molar-refractivity contribution in [3.05, 3.63) is 53.1 Å². The van der Waals surface area contributed by atoms with Crippen molar-refractivity contribution in [1.82, 2.24) is 0 Å². The van der Waals surface area contributed by atoms with Crippen LogP contribution in [0.3, 0.4) is 0 Å². The standard InChI is InChI=1S/C15H13NO/c1-10-3-4-15(11(2)5-10)13-6-12(9-16)7-14(17)8-13/h3-8,17H,1-2H3. The van der Waals surface area contributed by atoms with Gasteiger partial charge in [-0.05, 0) is 48.7 Å². The third kappa shape index (κ3) is 2.29. The van der Waals surface area contributed by atoms with Gasteiger partial charge in [0.2, 0.25) is 0 Å². The lowest BCUT2D eigenvalue weighted by atomic mass is 9.97. The van der Waals surface area contributed by atoms with Crippen LogP contribution in [0.2, 0.25) is 0 Å². The molecule has 2 heteroatoms. The molecule has 0 unspecified atom stereocenters. The minimum absolute atomic E-state index is 0.124. The highest BCUT2D eigenvalue weighted by Gasteiger charge is 2.05. The summed E-state index contributed by atoms with van der Waals surface area (Å²) in [4.78, 5) is 0. The maximum Gasteiger partial charge on any atom is 0.117 e. The number of aromatic hydroxyl groups is 1. The van der Waals surface area contributed by atoms with Crippen molar-refractivity contribution in [3.8, 4) is 22.9 Å². The highest BCUT2D eigenvalue weighted by Crippen LogP contribution is 2.28. The molecule has 2 rings (SSSR count). The summed E-state index contributed by atoms with van der Waals surface area (Å²) in [5, 5.41) is 18.5. The van der Waals surface area contributed by atoms with Crippen LogP contribution in [-0.2, 0) is 0 Å². The van der Waals surface area contributed by atoms with Crippen LogP contribution >= 0.6 is 0 Å². The molecule has 0 aliphatic carbocycles. The van der Waals surface area contributed by atoms with E-state index in [4.69, 9.17) is 5.26 Å². The van der Waals surface area contributed by atoms with Crippen LogP contribution in [0.5, 0.6) is 5.75 Å². The predicted octanol–water partition coefficient (Wildman–Crippen LogP) is 3.55. The van der Waals surface area contributed by atoms with Gasteiger partial charge in [0.05, 0.1) is 11.6 Å². The Morgan fingerprint density at radius 1 is 1.06 bits per heavy atom. The molecule has 0 aliphatic heterocycles. The first kappa shape index (κ1) is 11.2. The number of phenols is 1. The number of nitriles is 1. The molecular formula is C15H13NO. The smallest absolute Gasteiger partial charge is 0.117 e. The lowest BCUT2D eigenvalue weighted by molar-refractivity contribution is 0.475. The number of benzene rings is 2. The van der Waals surface area contributed by atoms with Gasteiger partial charge < -0.3 is 5.11 Å². The minimum Gasteiger partial charge on any atom is -0.508 e. The fourth-order valence-corrected chi connectivity index (χ4v) is 1.97. The van der Waals surface area contributed by atoms with Gasteiger partial charge in [-0.15, -0.1) is 0 Å². The Balaban J connectivity index is 2.61. The largest absolute Gasteiger partial charge is 0.508 e. The summed E-state index contributed by atoms with van der Waals surface area (Å²) in [7, 11) is 0. The molecule has 1 N–H and O–H groups in total. The maximum atomic E-state index is 9.58. The van der Waals surface area contributed by atoms with Crippen LogP contribution < -0.4 is 0 Å². The van der Waals surface area contributed by atoms with E-state index < -0.39 is 0 Å². The number of nitrogens with zero attached hydrogens (tertiary/aromatic N) is 1. The van der Waals surface area contributed by atoms with Gasteiger partial charge >= 0.3 is 0 Å². The number of hydrogen-bond donors (Lipinski definition) is 1. The van der Waals surface area contributed by atoms with Crippen LogP contribution in [-0.4, -0.2) is 5.11 Å².